The molecule has 8 heteroatoms. The zero-order valence-electron chi connectivity index (χ0n) is 15.4. The normalized spacial score (nSPS) is 11.2. The highest BCUT2D eigenvalue weighted by atomic mass is 16.5. The van der Waals surface area contributed by atoms with Gasteiger partial charge in [-0.1, -0.05) is 24.3 Å². The number of fused-ring (bicyclic) bond motifs is 1. The van der Waals surface area contributed by atoms with Crippen molar-refractivity contribution >= 4 is 11.2 Å². The molecule has 8 nitrogen and oxygen atoms in total. The van der Waals surface area contributed by atoms with Crippen LogP contribution in [0.1, 0.15) is 12.6 Å². The molecule has 0 unspecified atom stereocenters. The first-order valence-electron chi connectivity index (χ1n) is 8.94. The molecule has 4 aromatic rings. The summed E-state index contributed by atoms with van der Waals surface area (Å²) in [4.78, 5) is 35.0. The van der Waals surface area contributed by atoms with Gasteiger partial charge < -0.3 is 9.30 Å². The van der Waals surface area contributed by atoms with Gasteiger partial charge in [-0.2, -0.15) is 0 Å². The molecule has 0 aliphatic heterocycles. The fourth-order valence-corrected chi connectivity index (χ4v) is 3.07. The zero-order valence-corrected chi connectivity index (χ0v) is 15.4. The van der Waals surface area contributed by atoms with Gasteiger partial charge in [-0.25, -0.2) is 14.3 Å². The van der Waals surface area contributed by atoms with E-state index >= 15 is 0 Å². The first kappa shape index (κ1) is 17.9. The van der Waals surface area contributed by atoms with Crippen LogP contribution in [0.3, 0.4) is 0 Å². The summed E-state index contributed by atoms with van der Waals surface area (Å²) in [6.07, 6.45) is 3.15. The quantitative estimate of drug-likeness (QED) is 0.511. The Morgan fingerprint density at radius 3 is 2.50 bits per heavy atom. The van der Waals surface area contributed by atoms with Gasteiger partial charge in [0.05, 0.1) is 24.3 Å². The summed E-state index contributed by atoms with van der Waals surface area (Å²) in [5, 5.41) is 0. The Labute approximate surface area is 160 Å². The minimum atomic E-state index is -0.462. The number of aromatic nitrogens is 5. The highest BCUT2D eigenvalue weighted by Crippen LogP contribution is 2.13. The van der Waals surface area contributed by atoms with Crippen molar-refractivity contribution in [3.8, 4) is 5.69 Å². The fourth-order valence-electron chi connectivity index (χ4n) is 3.07. The summed E-state index contributed by atoms with van der Waals surface area (Å²) >= 11 is 0. The number of para-hydroxylation sites is 1. The van der Waals surface area contributed by atoms with Gasteiger partial charge in [0.15, 0.2) is 11.2 Å². The summed E-state index contributed by atoms with van der Waals surface area (Å²) in [5.41, 5.74) is 0.988. The SMILES string of the molecule is CCOCn1cnc2c1c(=O)n(Cc1ccccn1)c(=O)n2-c1ccccc1. The van der Waals surface area contributed by atoms with Crippen molar-refractivity contribution in [1.29, 1.82) is 0 Å². The number of hydrogen-bond donors (Lipinski definition) is 0. The molecule has 3 aromatic heterocycles. The second-order valence-electron chi connectivity index (χ2n) is 6.17. The third-order valence-corrected chi connectivity index (χ3v) is 4.40. The Balaban J connectivity index is 2.00. The molecule has 0 bridgehead atoms. The largest absolute Gasteiger partial charge is 0.361 e. The van der Waals surface area contributed by atoms with Crippen LogP contribution in [-0.4, -0.2) is 30.3 Å². The minimum Gasteiger partial charge on any atom is -0.361 e. The van der Waals surface area contributed by atoms with Crippen LogP contribution in [0.4, 0.5) is 0 Å². The van der Waals surface area contributed by atoms with E-state index in [1.807, 2.05) is 31.2 Å². The van der Waals surface area contributed by atoms with Gasteiger partial charge in [-0.3, -0.25) is 14.3 Å². The lowest BCUT2D eigenvalue weighted by Crippen LogP contribution is -2.40. The van der Waals surface area contributed by atoms with Crippen LogP contribution in [0.5, 0.6) is 0 Å². The molecular formula is C20H19N5O3. The number of ether oxygens (including phenoxy) is 1. The van der Waals surface area contributed by atoms with Gasteiger partial charge in [-0.05, 0) is 31.2 Å². The maximum atomic E-state index is 13.2. The summed E-state index contributed by atoms with van der Waals surface area (Å²) in [7, 11) is 0. The van der Waals surface area contributed by atoms with E-state index in [4.69, 9.17) is 4.74 Å². The van der Waals surface area contributed by atoms with Crippen molar-refractivity contribution in [3.63, 3.8) is 0 Å². The molecule has 0 spiro atoms. The first-order chi connectivity index (χ1) is 13.7. The van der Waals surface area contributed by atoms with Crippen LogP contribution < -0.4 is 11.2 Å². The number of hydrogen-bond acceptors (Lipinski definition) is 5. The molecule has 0 atom stereocenters. The average Bonchev–Trinajstić information content (AvgIpc) is 3.15. The van der Waals surface area contributed by atoms with E-state index in [9.17, 15) is 9.59 Å². The molecule has 4 rings (SSSR count). The predicted molar refractivity (Wildman–Crippen MR) is 105 cm³/mol. The maximum Gasteiger partial charge on any atom is 0.337 e. The Morgan fingerprint density at radius 1 is 1.00 bits per heavy atom. The number of rotatable bonds is 6. The van der Waals surface area contributed by atoms with Gasteiger partial charge >= 0.3 is 5.69 Å². The molecule has 0 aliphatic carbocycles. The molecule has 0 fully saturated rings. The molecule has 0 saturated heterocycles. The lowest BCUT2D eigenvalue weighted by atomic mass is 10.3. The summed E-state index contributed by atoms with van der Waals surface area (Å²) in [5.74, 6) is 0. The van der Waals surface area contributed by atoms with Crippen LogP contribution in [0, 0.1) is 0 Å². The summed E-state index contributed by atoms with van der Waals surface area (Å²) in [6, 6.07) is 14.5. The van der Waals surface area contributed by atoms with E-state index in [2.05, 4.69) is 9.97 Å². The van der Waals surface area contributed by atoms with Gasteiger partial charge in [-0.15, -0.1) is 0 Å². The lowest BCUT2D eigenvalue weighted by Gasteiger charge is -2.12. The molecule has 0 saturated carbocycles. The third kappa shape index (κ3) is 3.14. The van der Waals surface area contributed by atoms with E-state index in [1.54, 1.807) is 35.0 Å². The highest BCUT2D eigenvalue weighted by Gasteiger charge is 2.19. The minimum absolute atomic E-state index is 0.0705. The first-order valence-corrected chi connectivity index (χ1v) is 8.94. The Hall–Kier alpha value is -3.52. The Morgan fingerprint density at radius 2 is 1.79 bits per heavy atom. The molecule has 3 heterocycles. The summed E-state index contributed by atoms with van der Waals surface area (Å²) < 4.78 is 9.70. The second-order valence-corrected chi connectivity index (χ2v) is 6.17. The van der Waals surface area contributed by atoms with Crippen molar-refractivity contribution in [1.82, 2.24) is 23.7 Å². The van der Waals surface area contributed by atoms with Gasteiger partial charge in [0.1, 0.15) is 6.73 Å². The monoisotopic (exact) mass is 377 g/mol. The van der Waals surface area contributed by atoms with Crippen LogP contribution >= 0.6 is 0 Å². The second kappa shape index (κ2) is 7.61. The lowest BCUT2D eigenvalue weighted by molar-refractivity contribution is 0.0903. The average molecular weight is 377 g/mol. The van der Waals surface area contributed by atoms with Crippen molar-refractivity contribution in [2.75, 3.05) is 6.61 Å². The topological polar surface area (TPSA) is 83.9 Å². The van der Waals surface area contributed by atoms with E-state index in [0.29, 0.717) is 29.2 Å². The maximum absolute atomic E-state index is 13.2. The highest BCUT2D eigenvalue weighted by molar-refractivity contribution is 5.72. The fraction of sp³-hybridized carbons (Fsp3) is 0.200. The molecular weight excluding hydrogens is 358 g/mol. The molecule has 0 aliphatic rings. The van der Waals surface area contributed by atoms with Crippen LogP contribution in [0.25, 0.3) is 16.9 Å². The van der Waals surface area contributed by atoms with E-state index < -0.39 is 11.2 Å². The number of imidazole rings is 1. The van der Waals surface area contributed by atoms with Gasteiger partial charge in [0.25, 0.3) is 5.56 Å². The molecule has 28 heavy (non-hydrogen) atoms. The van der Waals surface area contributed by atoms with E-state index in [0.717, 1.165) is 0 Å². The molecule has 0 radical (unpaired) electrons. The molecule has 0 N–H and O–H groups in total. The standard InChI is InChI=1S/C20H19N5O3/c1-2-28-14-23-13-22-18-17(23)19(26)24(12-15-8-6-7-11-21-15)20(27)25(18)16-9-4-3-5-10-16/h3-11,13H,2,12,14H2,1H3. The molecule has 0 amide bonds. The smallest absolute Gasteiger partial charge is 0.337 e. The van der Waals surface area contributed by atoms with Crippen LogP contribution in [0.15, 0.2) is 70.6 Å². The Bertz CT molecular complexity index is 1210. The zero-order chi connectivity index (χ0) is 19.5. The number of benzene rings is 1. The van der Waals surface area contributed by atoms with Gasteiger partial charge in [0, 0.05) is 12.8 Å². The predicted octanol–water partition coefficient (Wildman–Crippen LogP) is 1.79. The van der Waals surface area contributed by atoms with Crippen molar-refractivity contribution in [2.24, 2.45) is 0 Å². The summed E-state index contributed by atoms with van der Waals surface area (Å²) in [6.45, 7) is 2.62. The van der Waals surface area contributed by atoms with Crippen molar-refractivity contribution in [2.45, 2.75) is 20.2 Å². The third-order valence-electron chi connectivity index (χ3n) is 4.40. The van der Waals surface area contributed by atoms with Gasteiger partial charge in [0.2, 0.25) is 0 Å². The van der Waals surface area contributed by atoms with Crippen LogP contribution in [-0.2, 0) is 18.0 Å². The van der Waals surface area contributed by atoms with Crippen molar-refractivity contribution < 1.29 is 4.74 Å². The van der Waals surface area contributed by atoms with E-state index in [-0.39, 0.29) is 13.3 Å². The molecule has 1 aromatic carbocycles. The Kier molecular flexibility index (Phi) is 4.86. The van der Waals surface area contributed by atoms with E-state index in [1.165, 1.54) is 15.5 Å². The number of nitrogens with zero attached hydrogens (tertiary/aromatic N) is 5. The molecule has 142 valence electrons. The van der Waals surface area contributed by atoms with Crippen LogP contribution in [0.2, 0.25) is 0 Å². The van der Waals surface area contributed by atoms with Crippen molar-refractivity contribution in [3.05, 3.63) is 87.6 Å². The number of pyridine rings is 1.